The van der Waals surface area contributed by atoms with Crippen LogP contribution in [0, 0.1) is 0 Å². The summed E-state index contributed by atoms with van der Waals surface area (Å²) in [5.41, 5.74) is 0.632. The predicted molar refractivity (Wildman–Crippen MR) is 122 cm³/mol. The first-order valence-electron chi connectivity index (χ1n) is 11.4. The number of aromatic nitrogens is 2. The highest BCUT2D eigenvalue weighted by molar-refractivity contribution is 5.90. The van der Waals surface area contributed by atoms with Crippen molar-refractivity contribution in [3.05, 3.63) is 41.6 Å². The Morgan fingerprint density at radius 2 is 1.71 bits per heavy atom. The van der Waals surface area contributed by atoms with Gasteiger partial charge in [-0.15, -0.1) is 5.10 Å². The van der Waals surface area contributed by atoms with Gasteiger partial charge in [-0.3, -0.25) is 14.6 Å². The number of piperazine rings is 1. The van der Waals surface area contributed by atoms with E-state index in [0.29, 0.717) is 49.8 Å². The first-order valence-corrected chi connectivity index (χ1v) is 11.4. The first kappa shape index (κ1) is 24.1. The topological polar surface area (TPSA) is 64.9 Å². The lowest BCUT2D eigenvalue weighted by atomic mass is 10.1. The van der Waals surface area contributed by atoms with Crippen LogP contribution in [-0.4, -0.2) is 77.8 Å². The quantitative estimate of drug-likeness (QED) is 0.675. The molecule has 184 valence electrons. The van der Waals surface area contributed by atoms with Crippen LogP contribution in [0.25, 0.3) is 0 Å². The van der Waals surface area contributed by atoms with Crippen molar-refractivity contribution in [2.75, 3.05) is 56.1 Å². The molecule has 0 aliphatic carbocycles. The molecular formula is C23H29F3N6O2. The van der Waals surface area contributed by atoms with E-state index >= 15 is 0 Å². The Hall–Kier alpha value is -3.08. The zero-order valence-electron chi connectivity index (χ0n) is 19.4. The molecule has 0 bridgehead atoms. The summed E-state index contributed by atoms with van der Waals surface area (Å²) in [7, 11) is 1.58. The maximum absolute atomic E-state index is 13.5. The summed E-state index contributed by atoms with van der Waals surface area (Å²) in [6, 6.07) is 5.63. The highest BCUT2D eigenvalue weighted by Crippen LogP contribution is 2.34. The number of carbonyl (C=O) groups is 2. The summed E-state index contributed by atoms with van der Waals surface area (Å²) >= 11 is 0. The van der Waals surface area contributed by atoms with Gasteiger partial charge in [0.15, 0.2) is 5.82 Å². The molecule has 0 N–H and O–H groups in total. The summed E-state index contributed by atoms with van der Waals surface area (Å²) < 4.78 is 41.7. The molecule has 3 heterocycles. The maximum Gasteiger partial charge on any atom is 0.416 e. The number of nitrogens with zero attached hydrogens (tertiary/aromatic N) is 6. The Bertz CT molecular complexity index is 1040. The number of rotatable bonds is 4. The second-order valence-electron chi connectivity index (χ2n) is 8.82. The molecule has 2 aromatic rings. The molecule has 0 unspecified atom stereocenters. The van der Waals surface area contributed by atoms with Crippen LogP contribution in [0.4, 0.5) is 29.5 Å². The monoisotopic (exact) mass is 478 g/mol. The lowest BCUT2D eigenvalue weighted by molar-refractivity contribution is -0.137. The molecular weight excluding hydrogens is 449 g/mol. The van der Waals surface area contributed by atoms with Gasteiger partial charge in [-0.05, 0) is 36.6 Å². The normalized spacial score (nSPS) is 17.3. The number of amides is 2. The zero-order chi connectivity index (χ0) is 24.5. The molecule has 1 aromatic carbocycles. The van der Waals surface area contributed by atoms with Crippen molar-refractivity contribution in [2.45, 2.75) is 32.5 Å². The summed E-state index contributed by atoms with van der Waals surface area (Å²) in [4.78, 5) is 31.4. The molecule has 0 radical (unpaired) electrons. The Morgan fingerprint density at radius 3 is 2.32 bits per heavy atom. The number of benzene rings is 1. The van der Waals surface area contributed by atoms with Crippen molar-refractivity contribution in [1.82, 2.24) is 19.6 Å². The Labute approximate surface area is 196 Å². The third-order valence-electron chi connectivity index (χ3n) is 6.41. The lowest BCUT2D eigenvalue weighted by Crippen LogP contribution is -2.49. The van der Waals surface area contributed by atoms with Crippen molar-refractivity contribution < 1.29 is 22.8 Å². The van der Waals surface area contributed by atoms with Gasteiger partial charge in [0.2, 0.25) is 5.91 Å². The molecule has 4 rings (SSSR count). The summed E-state index contributed by atoms with van der Waals surface area (Å²) in [5, 5.41) is 4.18. The minimum Gasteiger partial charge on any atom is -0.372 e. The van der Waals surface area contributed by atoms with Gasteiger partial charge >= 0.3 is 12.2 Å². The van der Waals surface area contributed by atoms with Gasteiger partial charge in [-0.2, -0.15) is 17.9 Å². The van der Waals surface area contributed by atoms with E-state index in [2.05, 4.69) is 10.00 Å². The van der Waals surface area contributed by atoms with Crippen LogP contribution in [-0.2, 0) is 17.5 Å². The van der Waals surface area contributed by atoms with Crippen LogP contribution >= 0.6 is 0 Å². The van der Waals surface area contributed by atoms with Gasteiger partial charge in [-0.1, -0.05) is 0 Å². The summed E-state index contributed by atoms with van der Waals surface area (Å²) in [6.45, 7) is 5.33. The van der Waals surface area contributed by atoms with Gasteiger partial charge in [-0.25, -0.2) is 4.79 Å². The number of anilines is 2. The number of halogens is 3. The third-order valence-corrected chi connectivity index (χ3v) is 6.41. The van der Waals surface area contributed by atoms with Crippen LogP contribution in [0.5, 0.6) is 0 Å². The molecule has 0 spiro atoms. The van der Waals surface area contributed by atoms with E-state index in [4.69, 9.17) is 0 Å². The molecule has 2 amide bonds. The van der Waals surface area contributed by atoms with Crippen molar-refractivity contribution in [3.63, 3.8) is 0 Å². The summed E-state index contributed by atoms with van der Waals surface area (Å²) in [6.07, 6.45) is -0.893. The molecule has 2 saturated heterocycles. The van der Waals surface area contributed by atoms with Crippen LogP contribution in [0.15, 0.2) is 30.5 Å². The average Bonchev–Trinajstić information content (AvgIpc) is 3.50. The maximum atomic E-state index is 13.5. The minimum absolute atomic E-state index is 0.186. The number of hydrogen-bond donors (Lipinski definition) is 0. The van der Waals surface area contributed by atoms with E-state index in [-0.39, 0.29) is 11.9 Å². The predicted octanol–water partition coefficient (Wildman–Crippen LogP) is 3.27. The lowest BCUT2D eigenvalue weighted by Gasteiger charge is -2.34. The molecule has 2 aliphatic rings. The SMILES string of the molecule is CC(=O)N(C)c1ccn(C(=O)N2CCN(Cc3cc(N4CCCC4)cc(C(F)(F)F)c3)CC2)n1. The fraction of sp³-hybridized carbons (Fsp3) is 0.522. The van der Waals surface area contributed by atoms with Crippen molar-refractivity contribution in [3.8, 4) is 0 Å². The molecule has 0 atom stereocenters. The second kappa shape index (κ2) is 9.65. The first-order chi connectivity index (χ1) is 16.1. The van der Waals surface area contributed by atoms with E-state index in [0.717, 1.165) is 25.9 Å². The molecule has 34 heavy (non-hydrogen) atoms. The smallest absolute Gasteiger partial charge is 0.372 e. The zero-order valence-corrected chi connectivity index (χ0v) is 19.4. The highest BCUT2D eigenvalue weighted by Gasteiger charge is 2.32. The van der Waals surface area contributed by atoms with E-state index in [1.54, 1.807) is 18.0 Å². The fourth-order valence-electron chi connectivity index (χ4n) is 4.35. The van der Waals surface area contributed by atoms with Gasteiger partial charge in [0.25, 0.3) is 0 Å². The molecule has 2 fully saturated rings. The van der Waals surface area contributed by atoms with Gasteiger partial charge in [0.1, 0.15) is 0 Å². The standard InChI is InChI=1S/C23H29F3N6O2/c1-17(33)28(2)21-5-8-32(27-21)22(34)31-11-9-29(10-12-31)16-18-13-19(23(24,25)26)15-20(14-18)30-6-3-4-7-30/h5,8,13-15H,3-4,6-7,9-12,16H2,1-2H3. The van der Waals surface area contributed by atoms with Crippen LogP contribution in [0.3, 0.4) is 0 Å². The Balaban J connectivity index is 1.39. The summed E-state index contributed by atoms with van der Waals surface area (Å²) in [5.74, 6) is 0.201. The fourth-order valence-corrected chi connectivity index (χ4v) is 4.35. The van der Waals surface area contributed by atoms with Gasteiger partial charge in [0, 0.05) is 77.7 Å². The molecule has 0 saturated carbocycles. The van der Waals surface area contributed by atoms with Crippen molar-refractivity contribution >= 4 is 23.4 Å². The number of carbonyl (C=O) groups excluding carboxylic acids is 2. The van der Waals surface area contributed by atoms with Crippen molar-refractivity contribution in [1.29, 1.82) is 0 Å². The van der Waals surface area contributed by atoms with Gasteiger partial charge in [0.05, 0.1) is 5.56 Å². The van der Waals surface area contributed by atoms with E-state index in [1.165, 1.54) is 34.8 Å². The Kier molecular flexibility index (Phi) is 6.83. The molecule has 11 heteroatoms. The van der Waals surface area contributed by atoms with Gasteiger partial charge < -0.3 is 9.80 Å². The van der Waals surface area contributed by atoms with E-state index in [1.807, 2.05) is 11.0 Å². The van der Waals surface area contributed by atoms with Crippen molar-refractivity contribution in [2.24, 2.45) is 0 Å². The van der Waals surface area contributed by atoms with Crippen LogP contribution in [0.2, 0.25) is 0 Å². The van der Waals surface area contributed by atoms with E-state index < -0.39 is 11.7 Å². The largest absolute Gasteiger partial charge is 0.416 e. The van der Waals surface area contributed by atoms with Crippen LogP contribution in [0.1, 0.15) is 30.9 Å². The highest BCUT2D eigenvalue weighted by atomic mass is 19.4. The minimum atomic E-state index is -4.39. The number of alkyl halides is 3. The number of hydrogen-bond acceptors (Lipinski definition) is 5. The molecule has 1 aromatic heterocycles. The Morgan fingerprint density at radius 1 is 1.03 bits per heavy atom. The van der Waals surface area contributed by atoms with Crippen LogP contribution < -0.4 is 9.80 Å². The second-order valence-corrected chi connectivity index (χ2v) is 8.82. The van der Waals surface area contributed by atoms with E-state index in [9.17, 15) is 22.8 Å². The third kappa shape index (κ3) is 5.35. The molecule has 8 nitrogen and oxygen atoms in total. The average molecular weight is 479 g/mol. The molecule has 2 aliphatic heterocycles.